The first-order valence-corrected chi connectivity index (χ1v) is 8.12. The molecule has 0 amide bonds. The summed E-state index contributed by atoms with van der Waals surface area (Å²) >= 11 is 0. The molecule has 2 aromatic carbocycles. The standard InChI is InChI=1S/C20H19N3O2/c1-3-25-19(24)17-14(2)21-20(22-16-12-8-5-9-13-16)23-18(17)15-10-6-4-7-11-15/h4-13H,3H2,1-2H3,(H,21,22,23). The molecule has 1 aromatic heterocycles. The minimum atomic E-state index is -0.412. The van der Waals surface area contributed by atoms with Crippen LogP contribution >= 0.6 is 0 Å². The lowest BCUT2D eigenvalue weighted by Gasteiger charge is -2.13. The summed E-state index contributed by atoms with van der Waals surface area (Å²) in [4.78, 5) is 21.4. The van der Waals surface area contributed by atoms with Crippen LogP contribution in [0.1, 0.15) is 23.0 Å². The van der Waals surface area contributed by atoms with Crippen molar-refractivity contribution in [2.24, 2.45) is 0 Å². The molecule has 0 fully saturated rings. The van der Waals surface area contributed by atoms with Gasteiger partial charge in [-0.2, -0.15) is 0 Å². The van der Waals surface area contributed by atoms with Crippen molar-refractivity contribution in [2.75, 3.05) is 11.9 Å². The Kier molecular flexibility index (Phi) is 5.04. The van der Waals surface area contributed by atoms with E-state index in [1.54, 1.807) is 13.8 Å². The van der Waals surface area contributed by atoms with Gasteiger partial charge in [0, 0.05) is 11.3 Å². The van der Waals surface area contributed by atoms with Crippen LogP contribution in [0.5, 0.6) is 0 Å². The quantitative estimate of drug-likeness (QED) is 0.702. The highest BCUT2D eigenvalue weighted by Gasteiger charge is 2.21. The van der Waals surface area contributed by atoms with Crippen molar-refractivity contribution in [1.29, 1.82) is 0 Å². The molecule has 126 valence electrons. The topological polar surface area (TPSA) is 64.1 Å². The third-order valence-corrected chi connectivity index (χ3v) is 3.65. The van der Waals surface area contributed by atoms with E-state index >= 15 is 0 Å². The zero-order valence-electron chi connectivity index (χ0n) is 14.2. The van der Waals surface area contributed by atoms with Gasteiger partial charge in [-0.1, -0.05) is 48.5 Å². The van der Waals surface area contributed by atoms with Gasteiger partial charge in [0.2, 0.25) is 5.95 Å². The molecular formula is C20H19N3O2. The summed E-state index contributed by atoms with van der Waals surface area (Å²) in [5.41, 5.74) is 3.25. The number of aryl methyl sites for hydroxylation is 1. The second-order valence-corrected chi connectivity index (χ2v) is 5.43. The molecule has 25 heavy (non-hydrogen) atoms. The number of nitrogens with zero attached hydrogens (tertiary/aromatic N) is 2. The van der Waals surface area contributed by atoms with Gasteiger partial charge < -0.3 is 10.1 Å². The van der Waals surface area contributed by atoms with Crippen molar-refractivity contribution in [1.82, 2.24) is 9.97 Å². The van der Waals surface area contributed by atoms with E-state index in [-0.39, 0.29) is 0 Å². The maximum atomic E-state index is 12.4. The van der Waals surface area contributed by atoms with E-state index in [9.17, 15) is 4.79 Å². The normalized spacial score (nSPS) is 10.3. The molecule has 0 aliphatic carbocycles. The Labute approximate surface area is 146 Å². The SMILES string of the molecule is CCOC(=O)c1c(C)nc(Nc2ccccc2)nc1-c1ccccc1. The number of rotatable bonds is 5. The molecule has 0 atom stereocenters. The summed E-state index contributed by atoms with van der Waals surface area (Å²) in [6.07, 6.45) is 0. The first-order chi connectivity index (χ1) is 12.2. The molecule has 0 bridgehead atoms. The molecule has 0 unspecified atom stereocenters. The number of ether oxygens (including phenoxy) is 1. The lowest BCUT2D eigenvalue weighted by Crippen LogP contribution is -2.13. The summed E-state index contributed by atoms with van der Waals surface area (Å²) in [5.74, 6) is 0.0284. The highest BCUT2D eigenvalue weighted by atomic mass is 16.5. The Morgan fingerprint density at radius 3 is 2.28 bits per heavy atom. The Morgan fingerprint density at radius 2 is 1.64 bits per heavy atom. The number of nitrogens with one attached hydrogen (secondary N) is 1. The number of hydrogen-bond acceptors (Lipinski definition) is 5. The Morgan fingerprint density at radius 1 is 1.00 bits per heavy atom. The predicted molar refractivity (Wildman–Crippen MR) is 97.9 cm³/mol. The van der Waals surface area contributed by atoms with Gasteiger partial charge >= 0.3 is 5.97 Å². The summed E-state index contributed by atoms with van der Waals surface area (Å²) < 4.78 is 5.19. The van der Waals surface area contributed by atoms with Crippen molar-refractivity contribution in [3.63, 3.8) is 0 Å². The second-order valence-electron chi connectivity index (χ2n) is 5.43. The highest BCUT2D eigenvalue weighted by Crippen LogP contribution is 2.26. The first kappa shape index (κ1) is 16.6. The molecule has 0 aliphatic rings. The molecule has 0 saturated carbocycles. The monoisotopic (exact) mass is 333 g/mol. The van der Waals surface area contributed by atoms with Gasteiger partial charge in [0.15, 0.2) is 0 Å². The van der Waals surface area contributed by atoms with Crippen LogP contribution in [0.25, 0.3) is 11.3 Å². The van der Waals surface area contributed by atoms with Gasteiger partial charge in [0.05, 0.1) is 18.0 Å². The smallest absolute Gasteiger partial charge is 0.342 e. The van der Waals surface area contributed by atoms with Crippen molar-refractivity contribution < 1.29 is 9.53 Å². The van der Waals surface area contributed by atoms with Crippen LogP contribution < -0.4 is 5.32 Å². The lowest BCUT2D eigenvalue weighted by molar-refractivity contribution is 0.0525. The number of anilines is 2. The van der Waals surface area contributed by atoms with E-state index in [0.717, 1.165) is 11.3 Å². The van der Waals surface area contributed by atoms with Crippen LogP contribution in [0.3, 0.4) is 0 Å². The second kappa shape index (κ2) is 7.57. The van der Waals surface area contributed by atoms with Gasteiger partial charge in [0.1, 0.15) is 5.56 Å². The van der Waals surface area contributed by atoms with Crippen molar-refractivity contribution >= 4 is 17.6 Å². The molecule has 0 saturated heterocycles. The van der Waals surface area contributed by atoms with Gasteiger partial charge in [-0.25, -0.2) is 14.8 Å². The van der Waals surface area contributed by atoms with Gasteiger partial charge in [-0.05, 0) is 26.0 Å². The highest BCUT2D eigenvalue weighted by molar-refractivity contribution is 5.97. The fourth-order valence-corrected chi connectivity index (χ4v) is 2.53. The molecule has 3 rings (SSSR count). The molecule has 0 radical (unpaired) electrons. The zero-order valence-corrected chi connectivity index (χ0v) is 14.2. The lowest BCUT2D eigenvalue weighted by atomic mass is 10.0. The number of benzene rings is 2. The molecule has 1 N–H and O–H groups in total. The zero-order chi connectivity index (χ0) is 17.6. The van der Waals surface area contributed by atoms with E-state index in [1.807, 2.05) is 60.7 Å². The van der Waals surface area contributed by atoms with E-state index in [4.69, 9.17) is 4.74 Å². The van der Waals surface area contributed by atoms with Crippen LogP contribution in [-0.4, -0.2) is 22.5 Å². The first-order valence-electron chi connectivity index (χ1n) is 8.12. The Balaban J connectivity index is 2.09. The van der Waals surface area contributed by atoms with Crippen molar-refractivity contribution in [3.05, 3.63) is 71.9 Å². The largest absolute Gasteiger partial charge is 0.462 e. The molecule has 0 spiro atoms. The van der Waals surface area contributed by atoms with E-state index in [0.29, 0.717) is 29.5 Å². The minimum Gasteiger partial charge on any atom is -0.462 e. The third kappa shape index (κ3) is 3.83. The molecule has 5 heteroatoms. The molecular weight excluding hydrogens is 314 g/mol. The Hall–Kier alpha value is -3.21. The van der Waals surface area contributed by atoms with Crippen molar-refractivity contribution in [2.45, 2.75) is 13.8 Å². The summed E-state index contributed by atoms with van der Waals surface area (Å²) in [7, 11) is 0. The van der Waals surface area contributed by atoms with E-state index in [1.165, 1.54) is 0 Å². The average Bonchev–Trinajstić information content (AvgIpc) is 2.63. The molecule has 0 aliphatic heterocycles. The maximum absolute atomic E-state index is 12.4. The summed E-state index contributed by atoms with van der Waals surface area (Å²) in [6.45, 7) is 3.87. The average molecular weight is 333 g/mol. The molecule has 1 heterocycles. The third-order valence-electron chi connectivity index (χ3n) is 3.65. The number of hydrogen-bond donors (Lipinski definition) is 1. The number of aromatic nitrogens is 2. The van der Waals surface area contributed by atoms with Crippen LogP contribution in [0.2, 0.25) is 0 Å². The minimum absolute atomic E-state index is 0.302. The fraction of sp³-hybridized carbons (Fsp3) is 0.150. The van der Waals surface area contributed by atoms with Crippen LogP contribution in [0.4, 0.5) is 11.6 Å². The van der Waals surface area contributed by atoms with Crippen molar-refractivity contribution in [3.8, 4) is 11.3 Å². The van der Waals surface area contributed by atoms with Gasteiger partial charge in [-0.15, -0.1) is 0 Å². The van der Waals surface area contributed by atoms with E-state index < -0.39 is 5.97 Å². The number of para-hydroxylation sites is 1. The van der Waals surface area contributed by atoms with Crippen LogP contribution in [0, 0.1) is 6.92 Å². The number of carbonyl (C=O) groups excluding carboxylic acids is 1. The number of carbonyl (C=O) groups is 1. The number of esters is 1. The fourth-order valence-electron chi connectivity index (χ4n) is 2.53. The summed E-state index contributed by atoms with van der Waals surface area (Å²) in [6, 6.07) is 19.2. The predicted octanol–water partition coefficient (Wildman–Crippen LogP) is 4.37. The summed E-state index contributed by atoms with van der Waals surface area (Å²) in [5, 5.41) is 3.18. The Bertz CT molecular complexity index is 865. The van der Waals surface area contributed by atoms with Gasteiger partial charge in [0.25, 0.3) is 0 Å². The molecule has 5 nitrogen and oxygen atoms in total. The molecule has 3 aromatic rings. The van der Waals surface area contributed by atoms with Gasteiger partial charge in [-0.3, -0.25) is 0 Å². The van der Waals surface area contributed by atoms with Crippen LogP contribution in [-0.2, 0) is 4.74 Å². The maximum Gasteiger partial charge on any atom is 0.342 e. The van der Waals surface area contributed by atoms with Crippen LogP contribution in [0.15, 0.2) is 60.7 Å². The van der Waals surface area contributed by atoms with E-state index in [2.05, 4.69) is 15.3 Å².